The van der Waals surface area contributed by atoms with Gasteiger partial charge in [0.1, 0.15) is 5.60 Å². The lowest BCUT2D eigenvalue weighted by molar-refractivity contribution is -0.0371. The van der Waals surface area contributed by atoms with Gasteiger partial charge in [-0.15, -0.1) is 0 Å². The van der Waals surface area contributed by atoms with Gasteiger partial charge >= 0.3 is 6.09 Å². The summed E-state index contributed by atoms with van der Waals surface area (Å²) in [7, 11) is 1.99. The normalized spacial score (nSPS) is 24.7. The lowest BCUT2D eigenvalue weighted by Gasteiger charge is -2.45. The lowest BCUT2D eigenvalue weighted by Crippen LogP contribution is -2.60. The molecule has 0 aliphatic carbocycles. The number of amides is 1. The molecule has 4 heterocycles. The average Bonchev–Trinajstić information content (AvgIpc) is 3.25. The zero-order valence-electron chi connectivity index (χ0n) is 17.0. The smallest absolute Gasteiger partial charge is 0.410 e. The first-order valence-corrected chi connectivity index (χ1v) is 10.6. The molecule has 154 valence electrons. The minimum atomic E-state index is -0.338. The van der Waals surface area contributed by atoms with E-state index >= 15 is 0 Å². The number of rotatable bonds is 4. The third-order valence-corrected chi connectivity index (χ3v) is 6.86. The van der Waals surface area contributed by atoms with Crippen molar-refractivity contribution in [3.8, 4) is 0 Å². The summed E-state index contributed by atoms with van der Waals surface area (Å²) in [5.74, 6) is 0. The Morgan fingerprint density at radius 1 is 1.03 bits per heavy atom. The molecule has 3 aliphatic heterocycles. The first kappa shape index (κ1) is 18.6. The molecule has 1 amide bonds. The molecule has 1 atom stereocenters. The highest BCUT2D eigenvalue weighted by molar-refractivity contribution is 5.72. The molecular formula is C22H29N5O2. The Balaban J connectivity index is 1.25. The summed E-state index contributed by atoms with van der Waals surface area (Å²) in [6.07, 6.45) is 3.53. The molecule has 7 nitrogen and oxygen atoms in total. The third-order valence-electron chi connectivity index (χ3n) is 6.86. The number of piperidine rings is 1. The molecule has 0 saturated carbocycles. The molecule has 0 bridgehead atoms. The summed E-state index contributed by atoms with van der Waals surface area (Å²) in [4.78, 5) is 19.5. The van der Waals surface area contributed by atoms with Gasteiger partial charge in [-0.3, -0.25) is 19.4 Å². The average molecular weight is 396 g/mol. The van der Waals surface area contributed by atoms with Gasteiger partial charge in [0.2, 0.25) is 0 Å². The number of benzene rings is 1. The van der Waals surface area contributed by atoms with Gasteiger partial charge in [0.25, 0.3) is 0 Å². The van der Waals surface area contributed by atoms with Gasteiger partial charge < -0.3 is 4.74 Å². The Morgan fingerprint density at radius 3 is 2.55 bits per heavy atom. The SMILES string of the molecule is Cn1nccc1CN1CCC2(CC1)OC(=O)N1CCN(Cc3ccccc3)CC12. The van der Waals surface area contributed by atoms with Crippen LogP contribution in [0, 0.1) is 0 Å². The zero-order chi connectivity index (χ0) is 19.8. The number of nitrogens with zero attached hydrogens (tertiary/aromatic N) is 5. The molecule has 2 aromatic rings. The second-order valence-electron chi connectivity index (χ2n) is 8.58. The van der Waals surface area contributed by atoms with Gasteiger partial charge in [-0.05, 0) is 11.6 Å². The fourth-order valence-corrected chi connectivity index (χ4v) is 5.10. The summed E-state index contributed by atoms with van der Waals surface area (Å²) in [5.41, 5.74) is 2.21. The highest BCUT2D eigenvalue weighted by Crippen LogP contribution is 2.40. The van der Waals surface area contributed by atoms with E-state index in [0.29, 0.717) is 0 Å². The Bertz CT molecular complexity index is 859. The first-order chi connectivity index (χ1) is 14.1. The predicted molar refractivity (Wildman–Crippen MR) is 109 cm³/mol. The van der Waals surface area contributed by atoms with Crippen LogP contribution in [0.3, 0.4) is 0 Å². The number of aryl methyl sites for hydroxylation is 1. The van der Waals surface area contributed by atoms with Crippen LogP contribution < -0.4 is 0 Å². The predicted octanol–water partition coefficient (Wildman–Crippen LogP) is 2.09. The molecule has 7 heteroatoms. The van der Waals surface area contributed by atoms with E-state index in [9.17, 15) is 4.79 Å². The number of hydrogen-bond acceptors (Lipinski definition) is 5. The van der Waals surface area contributed by atoms with E-state index in [-0.39, 0.29) is 17.7 Å². The van der Waals surface area contributed by atoms with Crippen LogP contribution in [0.15, 0.2) is 42.6 Å². The van der Waals surface area contributed by atoms with Gasteiger partial charge in [-0.25, -0.2) is 4.79 Å². The van der Waals surface area contributed by atoms with Crippen molar-refractivity contribution in [1.82, 2.24) is 24.5 Å². The topological polar surface area (TPSA) is 53.8 Å². The summed E-state index contributed by atoms with van der Waals surface area (Å²) in [6, 6.07) is 12.8. The van der Waals surface area contributed by atoms with Gasteiger partial charge in [0, 0.05) is 71.9 Å². The van der Waals surface area contributed by atoms with Gasteiger partial charge in [-0.1, -0.05) is 30.3 Å². The number of likely N-dealkylation sites (tertiary alicyclic amines) is 1. The molecular weight excluding hydrogens is 366 g/mol. The summed E-state index contributed by atoms with van der Waals surface area (Å²) in [5, 5.41) is 4.27. The number of aromatic nitrogens is 2. The molecule has 1 spiro atoms. The van der Waals surface area contributed by atoms with Crippen molar-refractivity contribution in [1.29, 1.82) is 0 Å². The zero-order valence-corrected chi connectivity index (χ0v) is 17.0. The fourth-order valence-electron chi connectivity index (χ4n) is 5.10. The monoisotopic (exact) mass is 395 g/mol. The van der Waals surface area contributed by atoms with Crippen LogP contribution in [-0.4, -0.2) is 74.9 Å². The Kier molecular flexibility index (Phi) is 4.80. The second kappa shape index (κ2) is 7.46. The molecule has 0 N–H and O–H groups in total. The molecule has 5 rings (SSSR count). The van der Waals surface area contributed by atoms with E-state index in [4.69, 9.17) is 4.74 Å². The van der Waals surface area contributed by atoms with Gasteiger partial charge in [-0.2, -0.15) is 5.10 Å². The maximum atomic E-state index is 12.6. The van der Waals surface area contributed by atoms with Crippen LogP contribution in [0.2, 0.25) is 0 Å². The highest BCUT2D eigenvalue weighted by atomic mass is 16.6. The third kappa shape index (κ3) is 3.53. The van der Waals surface area contributed by atoms with Crippen molar-refractivity contribution in [2.24, 2.45) is 7.05 Å². The minimum Gasteiger partial charge on any atom is -0.440 e. The summed E-state index contributed by atoms with van der Waals surface area (Å²) >= 11 is 0. The van der Waals surface area contributed by atoms with Crippen LogP contribution in [-0.2, 0) is 24.9 Å². The summed E-state index contributed by atoms with van der Waals surface area (Å²) < 4.78 is 7.99. The van der Waals surface area contributed by atoms with Gasteiger partial charge in [0.15, 0.2) is 0 Å². The summed E-state index contributed by atoms with van der Waals surface area (Å²) in [6.45, 7) is 6.28. The number of carbonyl (C=O) groups is 1. The van der Waals surface area contributed by atoms with E-state index in [0.717, 1.165) is 58.7 Å². The highest BCUT2D eigenvalue weighted by Gasteiger charge is 2.56. The molecule has 1 unspecified atom stereocenters. The fraction of sp³-hybridized carbons (Fsp3) is 0.545. The number of piperazine rings is 1. The van der Waals surface area contributed by atoms with Crippen LogP contribution >= 0.6 is 0 Å². The minimum absolute atomic E-state index is 0.116. The number of fused-ring (bicyclic) bond motifs is 2. The number of ether oxygens (including phenoxy) is 1. The molecule has 1 aromatic carbocycles. The van der Waals surface area contributed by atoms with E-state index in [2.05, 4.69) is 51.3 Å². The lowest BCUT2D eigenvalue weighted by atomic mass is 9.83. The molecule has 29 heavy (non-hydrogen) atoms. The van der Waals surface area contributed by atoms with Crippen LogP contribution in [0.5, 0.6) is 0 Å². The van der Waals surface area contributed by atoms with E-state index in [1.54, 1.807) is 0 Å². The second-order valence-corrected chi connectivity index (χ2v) is 8.58. The van der Waals surface area contributed by atoms with E-state index in [1.807, 2.05) is 22.8 Å². The van der Waals surface area contributed by atoms with Crippen LogP contribution in [0.25, 0.3) is 0 Å². The maximum Gasteiger partial charge on any atom is 0.410 e. The van der Waals surface area contributed by atoms with Crippen molar-refractivity contribution in [2.45, 2.75) is 37.6 Å². The van der Waals surface area contributed by atoms with E-state index < -0.39 is 0 Å². The Hall–Kier alpha value is -2.38. The standard InChI is InChI=1S/C22H29N5O2/c1-24-19(7-10-23-24)16-25-11-8-22(9-12-25)20-17-26(13-14-27(20)21(28)29-22)15-18-5-3-2-4-6-18/h2-7,10,20H,8-9,11-17H2,1H3. The maximum absolute atomic E-state index is 12.6. The van der Waals surface area contributed by atoms with Crippen molar-refractivity contribution >= 4 is 6.09 Å². The van der Waals surface area contributed by atoms with Crippen LogP contribution in [0.4, 0.5) is 4.79 Å². The molecule has 3 fully saturated rings. The van der Waals surface area contributed by atoms with Crippen molar-refractivity contribution in [3.05, 3.63) is 53.9 Å². The van der Waals surface area contributed by atoms with Crippen molar-refractivity contribution < 1.29 is 9.53 Å². The molecule has 3 saturated heterocycles. The Labute approximate surface area is 171 Å². The molecule has 3 aliphatic rings. The van der Waals surface area contributed by atoms with E-state index in [1.165, 1.54) is 11.3 Å². The number of carbonyl (C=O) groups excluding carboxylic acids is 1. The molecule has 0 radical (unpaired) electrons. The van der Waals surface area contributed by atoms with Crippen molar-refractivity contribution in [2.75, 3.05) is 32.7 Å². The number of hydrogen-bond donors (Lipinski definition) is 0. The Morgan fingerprint density at radius 2 is 1.83 bits per heavy atom. The first-order valence-electron chi connectivity index (χ1n) is 10.6. The molecule has 1 aromatic heterocycles. The largest absolute Gasteiger partial charge is 0.440 e. The van der Waals surface area contributed by atoms with Crippen LogP contribution in [0.1, 0.15) is 24.1 Å². The quantitative estimate of drug-likeness (QED) is 0.794. The van der Waals surface area contributed by atoms with Crippen molar-refractivity contribution in [3.63, 3.8) is 0 Å². The van der Waals surface area contributed by atoms with Gasteiger partial charge in [0.05, 0.1) is 11.7 Å².